The quantitative estimate of drug-likeness (QED) is 0.423. The molecule has 3 aromatic heterocycles. The molecule has 1 atom stereocenters. The number of nitrogens with one attached hydrogen (secondary N) is 1. The van der Waals surface area contributed by atoms with Gasteiger partial charge in [-0.25, -0.2) is 19.9 Å². The van der Waals surface area contributed by atoms with Crippen LogP contribution >= 0.6 is 0 Å². The highest BCUT2D eigenvalue weighted by Crippen LogP contribution is 2.39. The number of hydrogen-bond donors (Lipinski definition) is 1. The second-order valence-electron chi connectivity index (χ2n) is 12.0. The van der Waals surface area contributed by atoms with Crippen LogP contribution in [0.3, 0.4) is 0 Å². The zero-order chi connectivity index (χ0) is 25.5. The van der Waals surface area contributed by atoms with Gasteiger partial charge in [-0.2, -0.15) is 0 Å². The molecule has 0 amide bonds. The Morgan fingerprint density at radius 3 is 2.24 bits per heavy atom. The average molecular weight is 499 g/mol. The molecule has 8 nitrogen and oxygen atoms in total. The van der Waals surface area contributed by atoms with Gasteiger partial charge in [0.15, 0.2) is 27.9 Å². The van der Waals surface area contributed by atoms with Crippen LogP contribution < -0.4 is 5.23 Å². The number of fused-ring (bicyclic) bond motifs is 2. The number of nitrogens with zero attached hydrogens (tertiary/aromatic N) is 5. The minimum atomic E-state index is -2.03. The Morgan fingerprint density at radius 1 is 1.00 bits per heavy atom. The van der Waals surface area contributed by atoms with Gasteiger partial charge in [0.2, 0.25) is 7.98 Å². The van der Waals surface area contributed by atoms with Crippen molar-refractivity contribution in [2.24, 2.45) is 0 Å². The van der Waals surface area contributed by atoms with E-state index in [0.29, 0.717) is 24.6 Å². The lowest BCUT2D eigenvalue weighted by atomic mass is 10.2. The maximum absolute atomic E-state index is 6.86. The van der Waals surface area contributed by atoms with Crippen molar-refractivity contribution < 1.29 is 8.85 Å². The highest BCUT2D eigenvalue weighted by Gasteiger charge is 2.41. The maximum atomic E-state index is 6.86. The molecule has 1 N–H and O–H groups in total. The van der Waals surface area contributed by atoms with E-state index in [2.05, 4.69) is 87.9 Å². The van der Waals surface area contributed by atoms with Gasteiger partial charge in [-0.1, -0.05) is 41.5 Å². The molecule has 11 heteroatoms. The number of anilines is 1. The zero-order valence-electron chi connectivity index (χ0n) is 22.4. The number of hydrogen-bond acceptors (Lipinski definition) is 7. The number of imidazole rings is 1. The lowest BCUT2D eigenvalue weighted by Gasteiger charge is -2.41. The predicted molar refractivity (Wildman–Crippen MR) is 145 cm³/mol. The molecule has 3 aromatic rings. The van der Waals surface area contributed by atoms with Crippen molar-refractivity contribution in [1.82, 2.24) is 24.5 Å². The van der Waals surface area contributed by atoms with E-state index in [0.717, 1.165) is 16.6 Å². The van der Waals surface area contributed by atoms with Gasteiger partial charge in [-0.15, -0.1) is 0 Å². The van der Waals surface area contributed by atoms with Crippen molar-refractivity contribution in [1.29, 1.82) is 0 Å². The second-order valence-corrected chi connectivity index (χ2v) is 21.6. The normalized spacial score (nSPS) is 14.6. The Bertz CT molecular complexity index is 1150. The van der Waals surface area contributed by atoms with Crippen molar-refractivity contribution in [3.05, 3.63) is 18.7 Å². The standard InChI is InChI=1S/C23H39BN6O2Si2/c1-22(2,3)33(7,8)31-13-16(32-34(9,10)23(4,5)6)12-30-15-27-18-11-17-19(28-21(18)30)25-14-26-20(17)29-24/h11,14-16H,12-13H2,1-10H3,(H,25,26,28,29)/t16-/m0/s1. The molecule has 184 valence electrons. The fourth-order valence-electron chi connectivity index (χ4n) is 3.16. The fraction of sp³-hybridized carbons (Fsp3) is 0.652. The first-order valence-corrected chi connectivity index (χ1v) is 17.6. The summed E-state index contributed by atoms with van der Waals surface area (Å²) in [6.45, 7) is 23.8. The Balaban J connectivity index is 1.95. The SMILES string of the molecule is [B]Nc1ncnc2nc3c(cc12)ncn3C[C@@H](CO[Si](C)(C)C(C)(C)C)O[Si](C)(C)C(C)(C)C. The molecule has 3 heterocycles. The number of rotatable bonds is 8. The van der Waals surface area contributed by atoms with Crippen LogP contribution in [-0.2, 0) is 15.4 Å². The summed E-state index contributed by atoms with van der Waals surface area (Å²) in [5.41, 5.74) is 2.08. The van der Waals surface area contributed by atoms with E-state index >= 15 is 0 Å². The van der Waals surface area contributed by atoms with E-state index in [1.54, 1.807) is 0 Å². The third-order valence-corrected chi connectivity index (χ3v) is 16.5. The van der Waals surface area contributed by atoms with E-state index < -0.39 is 16.6 Å². The number of aromatic nitrogens is 5. The van der Waals surface area contributed by atoms with E-state index in [4.69, 9.17) is 21.8 Å². The molecular weight excluding hydrogens is 459 g/mol. The van der Waals surface area contributed by atoms with Crippen LogP contribution in [-0.4, -0.2) is 61.8 Å². The molecule has 34 heavy (non-hydrogen) atoms. The smallest absolute Gasteiger partial charge is 0.224 e. The Labute approximate surface area is 207 Å². The highest BCUT2D eigenvalue weighted by molar-refractivity contribution is 6.74. The molecule has 3 rings (SSSR count). The molecule has 0 unspecified atom stereocenters. The molecule has 2 radical (unpaired) electrons. The molecule has 0 saturated heterocycles. The van der Waals surface area contributed by atoms with Crippen LogP contribution in [0.1, 0.15) is 41.5 Å². The highest BCUT2D eigenvalue weighted by atomic mass is 28.4. The van der Waals surface area contributed by atoms with Crippen molar-refractivity contribution in [3.63, 3.8) is 0 Å². The summed E-state index contributed by atoms with van der Waals surface area (Å²) in [6.07, 6.45) is 3.15. The summed E-state index contributed by atoms with van der Waals surface area (Å²) < 4.78 is 15.5. The van der Waals surface area contributed by atoms with Crippen LogP contribution in [0, 0.1) is 0 Å². The van der Waals surface area contributed by atoms with Crippen LogP contribution in [0.5, 0.6) is 0 Å². The van der Waals surface area contributed by atoms with Crippen molar-refractivity contribution in [2.45, 2.75) is 90.5 Å². The summed E-state index contributed by atoms with van der Waals surface area (Å²) in [6, 6.07) is 1.92. The Morgan fingerprint density at radius 2 is 1.65 bits per heavy atom. The summed E-state index contributed by atoms with van der Waals surface area (Å²) in [7, 11) is 1.65. The van der Waals surface area contributed by atoms with Crippen molar-refractivity contribution >= 4 is 52.6 Å². The van der Waals surface area contributed by atoms with E-state index in [1.807, 2.05) is 17.0 Å². The molecule has 0 saturated carbocycles. The zero-order valence-corrected chi connectivity index (χ0v) is 24.4. The van der Waals surface area contributed by atoms with Gasteiger partial charge < -0.3 is 18.6 Å². The number of pyridine rings is 1. The topological polar surface area (TPSA) is 87.0 Å². The summed E-state index contributed by atoms with van der Waals surface area (Å²) in [4.78, 5) is 17.9. The average Bonchev–Trinajstić information content (AvgIpc) is 3.09. The van der Waals surface area contributed by atoms with Crippen molar-refractivity contribution in [2.75, 3.05) is 11.8 Å². The van der Waals surface area contributed by atoms with Gasteiger partial charge >= 0.3 is 0 Å². The largest absolute Gasteiger partial charge is 0.422 e. The third-order valence-electron chi connectivity index (χ3n) is 7.43. The second kappa shape index (κ2) is 9.33. The first-order valence-electron chi connectivity index (χ1n) is 11.8. The van der Waals surface area contributed by atoms with Crippen LogP contribution in [0.4, 0.5) is 5.82 Å². The molecule has 0 spiro atoms. The molecule has 0 bridgehead atoms. The van der Waals surface area contributed by atoms with Gasteiger partial charge in [0.25, 0.3) is 0 Å². The van der Waals surface area contributed by atoms with Gasteiger partial charge in [-0.05, 0) is 42.3 Å². The molecule has 0 aromatic carbocycles. The Kier molecular flexibility index (Phi) is 7.35. The monoisotopic (exact) mass is 498 g/mol. The fourth-order valence-corrected chi connectivity index (χ4v) is 5.53. The minimum Gasteiger partial charge on any atom is -0.422 e. The van der Waals surface area contributed by atoms with Gasteiger partial charge in [0, 0.05) is 0 Å². The third kappa shape index (κ3) is 5.53. The lowest BCUT2D eigenvalue weighted by molar-refractivity contribution is 0.0942. The molecular formula is C23H39BN6O2Si2. The summed E-state index contributed by atoms with van der Waals surface area (Å²) in [5.74, 6) is 0.524. The van der Waals surface area contributed by atoms with Crippen molar-refractivity contribution in [3.8, 4) is 0 Å². The summed E-state index contributed by atoms with van der Waals surface area (Å²) in [5, 5.41) is 3.56. The predicted octanol–water partition coefficient (Wildman–Crippen LogP) is 5.28. The summed E-state index contributed by atoms with van der Waals surface area (Å²) >= 11 is 0. The Hall–Kier alpha value is -1.82. The minimum absolute atomic E-state index is 0.0935. The van der Waals surface area contributed by atoms with Gasteiger partial charge in [-0.3, -0.25) is 0 Å². The lowest BCUT2D eigenvalue weighted by Crippen LogP contribution is -2.48. The first-order chi connectivity index (χ1) is 15.6. The van der Waals surface area contributed by atoms with Gasteiger partial charge in [0.1, 0.15) is 17.7 Å². The molecule has 0 aliphatic carbocycles. The van der Waals surface area contributed by atoms with E-state index in [1.165, 1.54) is 6.33 Å². The van der Waals surface area contributed by atoms with Crippen LogP contribution in [0.25, 0.3) is 22.2 Å². The molecule has 0 aliphatic heterocycles. The first kappa shape index (κ1) is 26.8. The van der Waals surface area contributed by atoms with Crippen LogP contribution in [0.2, 0.25) is 36.3 Å². The van der Waals surface area contributed by atoms with E-state index in [-0.39, 0.29) is 16.2 Å². The van der Waals surface area contributed by atoms with E-state index in [9.17, 15) is 0 Å². The molecule has 0 aliphatic rings. The molecule has 0 fully saturated rings. The van der Waals surface area contributed by atoms with Gasteiger partial charge in [0.05, 0.1) is 31.0 Å². The van der Waals surface area contributed by atoms with Crippen LogP contribution in [0.15, 0.2) is 18.7 Å². The maximum Gasteiger partial charge on any atom is 0.224 e.